The first kappa shape index (κ1) is 19.4. The molecule has 2 aliphatic rings. The molecule has 0 atom stereocenters. The van der Waals surface area contributed by atoms with Crippen LogP contribution in [0.5, 0.6) is 0 Å². The molecule has 3 aromatic heterocycles. The summed E-state index contributed by atoms with van der Waals surface area (Å²) in [5.41, 5.74) is 5.87. The van der Waals surface area contributed by atoms with E-state index in [4.69, 9.17) is 16.6 Å². The fourth-order valence-corrected chi connectivity index (χ4v) is 5.01. The maximum atomic E-state index is 6.78. The van der Waals surface area contributed by atoms with Gasteiger partial charge in [-0.15, -0.1) is 0 Å². The van der Waals surface area contributed by atoms with E-state index in [9.17, 15) is 0 Å². The standard InChI is InChI=1S/C22H21ClN6S/c1-2-15-20(23)19-16(27-15)6-5-7-18(28-22(19)29-10-3-4-11-29)30-14-12-17-21(26-13-14)25-9-8-24-17/h5,8-9,12-13,27H,2-4,7,10-11H2,1H3. The maximum Gasteiger partial charge on any atom is 0.178 e. The fraction of sp³-hybridized carbons (Fsp3) is 0.318. The monoisotopic (exact) mass is 436 g/mol. The van der Waals surface area contributed by atoms with Gasteiger partial charge in [-0.2, -0.15) is 0 Å². The molecule has 5 rings (SSSR count). The van der Waals surface area contributed by atoms with E-state index >= 15 is 0 Å². The summed E-state index contributed by atoms with van der Waals surface area (Å²) in [4.78, 5) is 24.9. The number of likely N-dealkylation sites (tertiary alicyclic amines) is 1. The van der Waals surface area contributed by atoms with Crippen molar-refractivity contribution in [1.29, 1.82) is 0 Å². The van der Waals surface area contributed by atoms with Crippen molar-refractivity contribution in [1.82, 2.24) is 24.8 Å². The third-order valence-electron chi connectivity index (χ3n) is 5.28. The highest BCUT2D eigenvalue weighted by atomic mass is 35.5. The first-order chi connectivity index (χ1) is 14.7. The van der Waals surface area contributed by atoms with Gasteiger partial charge in [-0.1, -0.05) is 36.0 Å². The molecule has 2 aliphatic heterocycles. The highest BCUT2D eigenvalue weighted by Gasteiger charge is 2.20. The average molecular weight is 437 g/mol. The van der Waals surface area contributed by atoms with Crippen molar-refractivity contribution >= 4 is 51.1 Å². The van der Waals surface area contributed by atoms with Crippen LogP contribution in [0.2, 0.25) is 5.02 Å². The normalized spacial score (nSPS) is 16.3. The van der Waals surface area contributed by atoms with Gasteiger partial charge in [-0.05, 0) is 31.4 Å². The molecule has 5 heterocycles. The minimum absolute atomic E-state index is 0.648. The Morgan fingerprint density at radius 3 is 2.87 bits per heavy atom. The SMILES string of the molecule is CCc1[nH]c2c(c1Cl)=C(N1CCCC1)N=C(Sc1cnc3nccnc3c1)CC=C=2. The fourth-order valence-electron chi connectivity index (χ4n) is 3.80. The zero-order valence-corrected chi connectivity index (χ0v) is 18.2. The third-order valence-corrected chi connectivity index (χ3v) is 6.65. The molecular formula is C22H21ClN6S. The summed E-state index contributed by atoms with van der Waals surface area (Å²) in [7, 11) is 0. The molecule has 0 unspecified atom stereocenters. The summed E-state index contributed by atoms with van der Waals surface area (Å²) in [6, 6.07) is 2.01. The lowest BCUT2D eigenvalue weighted by molar-refractivity contribution is 0.481. The van der Waals surface area contributed by atoms with Gasteiger partial charge >= 0.3 is 0 Å². The summed E-state index contributed by atoms with van der Waals surface area (Å²) >= 11 is 8.39. The molecule has 0 radical (unpaired) electrons. The number of aliphatic imine (C=N–C) groups is 1. The number of nitrogens with zero attached hydrogens (tertiary/aromatic N) is 5. The molecule has 8 heteroatoms. The smallest absolute Gasteiger partial charge is 0.178 e. The van der Waals surface area contributed by atoms with Crippen molar-refractivity contribution < 1.29 is 0 Å². The van der Waals surface area contributed by atoms with E-state index in [0.717, 1.165) is 62.1 Å². The molecule has 0 bridgehead atoms. The molecule has 1 saturated heterocycles. The van der Waals surface area contributed by atoms with Crippen molar-refractivity contribution in [3.63, 3.8) is 0 Å². The Kier molecular flexibility index (Phi) is 5.34. The van der Waals surface area contributed by atoms with E-state index in [2.05, 4.69) is 37.5 Å². The minimum atomic E-state index is 0.648. The van der Waals surface area contributed by atoms with E-state index in [1.54, 1.807) is 24.2 Å². The largest absolute Gasteiger partial charge is 0.356 e. The van der Waals surface area contributed by atoms with Crippen LogP contribution in [0, 0.1) is 0 Å². The van der Waals surface area contributed by atoms with Crippen molar-refractivity contribution in [3.05, 3.63) is 52.0 Å². The number of hydrogen-bond donors (Lipinski definition) is 1. The number of aromatic amines is 1. The molecule has 1 fully saturated rings. The van der Waals surface area contributed by atoms with Gasteiger partial charge in [-0.3, -0.25) is 4.98 Å². The first-order valence-electron chi connectivity index (χ1n) is 10.2. The lowest BCUT2D eigenvalue weighted by atomic mass is 10.3. The zero-order chi connectivity index (χ0) is 20.5. The Hall–Kier alpha value is -2.60. The molecule has 3 aromatic rings. The van der Waals surface area contributed by atoms with Crippen LogP contribution in [-0.4, -0.2) is 43.0 Å². The summed E-state index contributed by atoms with van der Waals surface area (Å²) in [6.45, 7) is 4.09. The Bertz CT molecular complexity index is 1300. The number of rotatable bonds is 3. The van der Waals surface area contributed by atoms with E-state index in [1.807, 2.05) is 18.3 Å². The number of pyridine rings is 1. The molecular weight excluding hydrogens is 416 g/mol. The third kappa shape index (κ3) is 3.65. The molecule has 0 amide bonds. The van der Waals surface area contributed by atoms with Crippen LogP contribution >= 0.6 is 23.4 Å². The van der Waals surface area contributed by atoms with Crippen molar-refractivity contribution in [2.24, 2.45) is 4.99 Å². The second-order valence-electron chi connectivity index (χ2n) is 7.27. The number of nitrogens with one attached hydrogen (secondary N) is 1. The minimum Gasteiger partial charge on any atom is -0.356 e. The summed E-state index contributed by atoms with van der Waals surface area (Å²) in [5.74, 6) is 0.945. The lowest BCUT2D eigenvalue weighted by Crippen LogP contribution is -2.32. The van der Waals surface area contributed by atoms with Gasteiger partial charge in [0.25, 0.3) is 0 Å². The summed E-state index contributed by atoms with van der Waals surface area (Å²) in [5, 5.41) is 3.63. The predicted octanol–water partition coefficient (Wildman–Crippen LogP) is 3.26. The second kappa shape index (κ2) is 8.26. The van der Waals surface area contributed by atoms with E-state index in [-0.39, 0.29) is 0 Å². The highest BCUT2D eigenvalue weighted by Crippen LogP contribution is 2.26. The van der Waals surface area contributed by atoms with Gasteiger partial charge < -0.3 is 9.88 Å². The quantitative estimate of drug-likeness (QED) is 0.682. The van der Waals surface area contributed by atoms with Gasteiger partial charge in [0.15, 0.2) is 5.65 Å². The maximum absolute atomic E-state index is 6.78. The summed E-state index contributed by atoms with van der Waals surface area (Å²) < 4.78 is 0. The van der Waals surface area contributed by atoms with Gasteiger partial charge in [0, 0.05) is 48.7 Å². The van der Waals surface area contributed by atoms with Gasteiger partial charge in [0.05, 0.1) is 20.6 Å². The van der Waals surface area contributed by atoms with E-state index in [0.29, 0.717) is 12.1 Å². The van der Waals surface area contributed by atoms with Crippen molar-refractivity contribution in [3.8, 4) is 0 Å². The van der Waals surface area contributed by atoms with Gasteiger partial charge in [-0.25, -0.2) is 15.0 Å². The first-order valence-corrected chi connectivity index (χ1v) is 11.4. The Balaban J connectivity index is 1.62. The highest BCUT2D eigenvalue weighted by molar-refractivity contribution is 8.14. The molecule has 6 nitrogen and oxygen atoms in total. The van der Waals surface area contributed by atoms with E-state index in [1.165, 1.54) is 12.8 Å². The van der Waals surface area contributed by atoms with Crippen LogP contribution in [-0.2, 0) is 6.42 Å². The number of aromatic nitrogens is 4. The van der Waals surface area contributed by atoms with Crippen molar-refractivity contribution in [2.45, 2.75) is 37.5 Å². The van der Waals surface area contributed by atoms with Crippen LogP contribution in [0.1, 0.15) is 31.9 Å². The van der Waals surface area contributed by atoms with Crippen LogP contribution in [0.4, 0.5) is 0 Å². The average Bonchev–Trinajstić information content (AvgIpc) is 3.38. The number of halogens is 1. The molecule has 0 saturated carbocycles. The molecule has 0 aliphatic carbocycles. The molecule has 0 spiro atoms. The Labute approximate surface area is 183 Å². The molecule has 1 N–H and O–H groups in total. The Morgan fingerprint density at radius 2 is 2.03 bits per heavy atom. The number of allylic oxidation sites excluding steroid dienone is 1. The zero-order valence-electron chi connectivity index (χ0n) is 16.7. The van der Waals surface area contributed by atoms with Crippen LogP contribution < -0.4 is 10.6 Å². The number of H-pyrrole nitrogens is 1. The lowest BCUT2D eigenvalue weighted by Gasteiger charge is -2.19. The molecule has 0 aromatic carbocycles. The summed E-state index contributed by atoms with van der Waals surface area (Å²) in [6.07, 6.45) is 11.1. The van der Waals surface area contributed by atoms with Gasteiger partial charge in [0.2, 0.25) is 0 Å². The van der Waals surface area contributed by atoms with Gasteiger partial charge in [0.1, 0.15) is 11.3 Å². The number of thioether (sulfide) groups is 1. The predicted molar refractivity (Wildman–Crippen MR) is 122 cm³/mol. The van der Waals surface area contributed by atoms with Crippen LogP contribution in [0.3, 0.4) is 0 Å². The topological polar surface area (TPSA) is 70.1 Å². The number of fused-ring (bicyclic) bond motifs is 2. The van der Waals surface area contributed by atoms with Crippen LogP contribution in [0.25, 0.3) is 22.7 Å². The number of hydrogen-bond acceptors (Lipinski definition) is 6. The van der Waals surface area contributed by atoms with E-state index < -0.39 is 0 Å². The van der Waals surface area contributed by atoms with Crippen LogP contribution in [0.15, 0.2) is 40.6 Å². The molecule has 152 valence electrons. The van der Waals surface area contributed by atoms with Crippen molar-refractivity contribution in [2.75, 3.05) is 13.1 Å². The molecule has 30 heavy (non-hydrogen) atoms. The second-order valence-corrected chi connectivity index (χ2v) is 8.79. The Morgan fingerprint density at radius 1 is 1.20 bits per heavy atom. The number of aryl methyl sites for hydroxylation is 1.